The van der Waals surface area contributed by atoms with Crippen molar-refractivity contribution in [1.82, 2.24) is 9.78 Å². The van der Waals surface area contributed by atoms with Gasteiger partial charge in [0, 0.05) is 17.7 Å². The molecule has 26 heavy (non-hydrogen) atoms. The lowest BCUT2D eigenvalue weighted by molar-refractivity contribution is 0.0563. The van der Waals surface area contributed by atoms with E-state index in [1.807, 2.05) is 51.1 Å². The van der Waals surface area contributed by atoms with Crippen molar-refractivity contribution >= 4 is 11.6 Å². The minimum absolute atomic E-state index is 0.384. The Labute approximate surface area is 158 Å². The minimum Gasteiger partial charge on any atom is -0.385 e. The van der Waals surface area contributed by atoms with Crippen molar-refractivity contribution in [2.45, 2.75) is 32.8 Å². The molecule has 1 N–H and O–H groups in total. The molecule has 1 atom stereocenters. The van der Waals surface area contributed by atoms with Crippen LogP contribution in [-0.2, 0) is 12.0 Å². The van der Waals surface area contributed by atoms with Gasteiger partial charge in [-0.05, 0) is 44.5 Å². The molecular formula is C21H20ClN3O. The lowest BCUT2D eigenvalue weighted by Gasteiger charge is -2.24. The zero-order valence-corrected chi connectivity index (χ0v) is 15.7. The third-order valence-electron chi connectivity index (χ3n) is 4.54. The standard InChI is InChI=1S/C21H20ClN3O/c1-14-20(21(3,26)12-16-7-5-4-6-8-16)15(2)25(24-14)18-10-9-17(13-23)19(22)11-18/h4-11,26H,12H2,1-3H3. The highest BCUT2D eigenvalue weighted by atomic mass is 35.5. The summed E-state index contributed by atoms with van der Waals surface area (Å²) in [6, 6.07) is 17.2. The molecule has 0 fully saturated rings. The second-order valence-electron chi connectivity index (χ2n) is 6.67. The van der Waals surface area contributed by atoms with Crippen LogP contribution in [0.3, 0.4) is 0 Å². The maximum atomic E-state index is 11.2. The van der Waals surface area contributed by atoms with Crippen LogP contribution < -0.4 is 0 Å². The first-order valence-corrected chi connectivity index (χ1v) is 8.74. The molecule has 0 saturated heterocycles. The first kappa shape index (κ1) is 18.2. The van der Waals surface area contributed by atoms with Gasteiger partial charge < -0.3 is 5.11 Å². The van der Waals surface area contributed by atoms with E-state index in [9.17, 15) is 5.11 Å². The highest BCUT2D eigenvalue weighted by Gasteiger charge is 2.31. The number of nitriles is 1. The highest BCUT2D eigenvalue weighted by molar-refractivity contribution is 6.31. The molecule has 1 unspecified atom stereocenters. The van der Waals surface area contributed by atoms with Crippen molar-refractivity contribution in [3.8, 4) is 11.8 Å². The number of aromatic nitrogens is 2. The monoisotopic (exact) mass is 365 g/mol. The third-order valence-corrected chi connectivity index (χ3v) is 4.85. The van der Waals surface area contributed by atoms with Gasteiger partial charge in [0.05, 0.1) is 27.6 Å². The Morgan fingerprint density at radius 1 is 1.19 bits per heavy atom. The summed E-state index contributed by atoms with van der Waals surface area (Å²) >= 11 is 6.16. The van der Waals surface area contributed by atoms with Crippen LogP contribution in [-0.4, -0.2) is 14.9 Å². The van der Waals surface area contributed by atoms with E-state index in [2.05, 4.69) is 11.2 Å². The number of aryl methyl sites for hydroxylation is 1. The van der Waals surface area contributed by atoms with E-state index >= 15 is 0 Å². The predicted octanol–water partition coefficient (Wildman–Crippen LogP) is 4.46. The summed E-state index contributed by atoms with van der Waals surface area (Å²) in [5.74, 6) is 0. The Bertz CT molecular complexity index is 984. The quantitative estimate of drug-likeness (QED) is 0.742. The Hall–Kier alpha value is -2.61. The van der Waals surface area contributed by atoms with Gasteiger partial charge in [-0.3, -0.25) is 0 Å². The van der Waals surface area contributed by atoms with E-state index < -0.39 is 5.60 Å². The molecule has 0 aliphatic carbocycles. The molecule has 0 aliphatic heterocycles. The van der Waals surface area contributed by atoms with Crippen LogP contribution in [0.2, 0.25) is 5.02 Å². The van der Waals surface area contributed by atoms with E-state index in [0.717, 1.165) is 28.2 Å². The molecule has 132 valence electrons. The van der Waals surface area contributed by atoms with E-state index in [4.69, 9.17) is 16.9 Å². The number of rotatable bonds is 4. The van der Waals surface area contributed by atoms with Crippen molar-refractivity contribution in [1.29, 1.82) is 5.26 Å². The molecule has 0 amide bonds. The van der Waals surface area contributed by atoms with Crippen LogP contribution in [0.15, 0.2) is 48.5 Å². The average Bonchev–Trinajstić information content (AvgIpc) is 2.90. The maximum Gasteiger partial charge on any atom is 0.101 e. The first-order valence-electron chi connectivity index (χ1n) is 8.36. The number of hydrogen-bond acceptors (Lipinski definition) is 3. The second-order valence-corrected chi connectivity index (χ2v) is 7.08. The zero-order chi connectivity index (χ0) is 18.9. The van der Waals surface area contributed by atoms with Crippen LogP contribution >= 0.6 is 11.6 Å². The number of aliphatic hydroxyl groups is 1. The Morgan fingerprint density at radius 2 is 1.88 bits per heavy atom. The Morgan fingerprint density at radius 3 is 2.50 bits per heavy atom. The maximum absolute atomic E-state index is 11.2. The predicted molar refractivity (Wildman–Crippen MR) is 102 cm³/mol. The van der Waals surface area contributed by atoms with Crippen molar-refractivity contribution in [2.24, 2.45) is 0 Å². The normalized spacial score (nSPS) is 13.2. The molecular weight excluding hydrogens is 346 g/mol. The van der Waals surface area contributed by atoms with Gasteiger partial charge >= 0.3 is 0 Å². The van der Waals surface area contributed by atoms with Crippen molar-refractivity contribution < 1.29 is 5.11 Å². The minimum atomic E-state index is -1.05. The fraction of sp³-hybridized carbons (Fsp3) is 0.238. The SMILES string of the molecule is Cc1nn(-c2ccc(C#N)c(Cl)c2)c(C)c1C(C)(O)Cc1ccccc1. The van der Waals surface area contributed by atoms with Crippen LogP contribution in [0, 0.1) is 25.2 Å². The first-order chi connectivity index (χ1) is 12.3. The lowest BCUT2D eigenvalue weighted by atomic mass is 9.87. The summed E-state index contributed by atoms with van der Waals surface area (Å²) in [5, 5.41) is 25.2. The molecule has 0 saturated carbocycles. The van der Waals surface area contributed by atoms with Crippen LogP contribution in [0.5, 0.6) is 0 Å². The number of halogens is 1. The summed E-state index contributed by atoms with van der Waals surface area (Å²) < 4.78 is 1.76. The number of hydrogen-bond donors (Lipinski definition) is 1. The molecule has 3 aromatic rings. The molecule has 0 radical (unpaired) electrons. The van der Waals surface area contributed by atoms with E-state index in [0.29, 0.717) is 17.0 Å². The lowest BCUT2D eigenvalue weighted by Crippen LogP contribution is -2.26. The highest BCUT2D eigenvalue weighted by Crippen LogP contribution is 2.32. The summed E-state index contributed by atoms with van der Waals surface area (Å²) in [6.07, 6.45) is 0.495. The fourth-order valence-corrected chi connectivity index (χ4v) is 3.70. The van der Waals surface area contributed by atoms with Crippen molar-refractivity contribution in [2.75, 3.05) is 0 Å². The van der Waals surface area contributed by atoms with Crippen LogP contribution in [0.25, 0.3) is 5.69 Å². The average molecular weight is 366 g/mol. The summed E-state index contributed by atoms with van der Waals surface area (Å²) in [7, 11) is 0. The van der Waals surface area contributed by atoms with E-state index in [1.165, 1.54) is 0 Å². The van der Waals surface area contributed by atoms with Gasteiger partial charge in [0.25, 0.3) is 0 Å². The third kappa shape index (κ3) is 3.37. The Balaban J connectivity index is 2.03. The topological polar surface area (TPSA) is 61.8 Å². The molecule has 1 heterocycles. The fourth-order valence-electron chi connectivity index (χ4n) is 3.48. The molecule has 5 heteroatoms. The molecule has 0 aliphatic rings. The van der Waals surface area contributed by atoms with Gasteiger partial charge in [-0.25, -0.2) is 4.68 Å². The Kier molecular flexibility index (Phi) is 4.86. The molecule has 1 aromatic heterocycles. The zero-order valence-electron chi connectivity index (χ0n) is 15.0. The van der Waals surface area contributed by atoms with E-state index in [1.54, 1.807) is 22.9 Å². The summed E-state index contributed by atoms with van der Waals surface area (Å²) in [5.41, 5.74) is 3.62. The van der Waals surface area contributed by atoms with Gasteiger partial charge in [0.2, 0.25) is 0 Å². The molecule has 3 rings (SSSR count). The number of nitrogens with zero attached hydrogens (tertiary/aromatic N) is 3. The second kappa shape index (κ2) is 6.95. The van der Waals surface area contributed by atoms with Gasteiger partial charge in [0.1, 0.15) is 6.07 Å². The smallest absolute Gasteiger partial charge is 0.101 e. The molecule has 0 spiro atoms. The molecule has 4 nitrogen and oxygen atoms in total. The van der Waals surface area contributed by atoms with Gasteiger partial charge in [-0.1, -0.05) is 41.9 Å². The van der Waals surface area contributed by atoms with Gasteiger partial charge in [0.15, 0.2) is 0 Å². The summed E-state index contributed by atoms with van der Waals surface area (Å²) in [4.78, 5) is 0. The van der Waals surface area contributed by atoms with Crippen LogP contribution in [0.1, 0.15) is 35.0 Å². The van der Waals surface area contributed by atoms with Crippen LogP contribution in [0.4, 0.5) is 0 Å². The largest absolute Gasteiger partial charge is 0.385 e. The van der Waals surface area contributed by atoms with Gasteiger partial charge in [-0.2, -0.15) is 10.4 Å². The van der Waals surface area contributed by atoms with E-state index in [-0.39, 0.29) is 0 Å². The van der Waals surface area contributed by atoms with Crippen molar-refractivity contribution in [3.63, 3.8) is 0 Å². The summed E-state index contributed by atoms with van der Waals surface area (Å²) in [6.45, 7) is 5.64. The number of benzene rings is 2. The van der Waals surface area contributed by atoms with Gasteiger partial charge in [-0.15, -0.1) is 0 Å². The van der Waals surface area contributed by atoms with Crippen molar-refractivity contribution in [3.05, 3.63) is 81.6 Å². The molecule has 2 aromatic carbocycles. The molecule has 0 bridgehead atoms.